The molecule has 0 radical (unpaired) electrons. The van der Waals surface area contributed by atoms with Crippen LogP contribution in [0.1, 0.15) is 21.4 Å². The van der Waals surface area contributed by atoms with Crippen molar-refractivity contribution in [2.45, 2.75) is 10.1 Å². The predicted molar refractivity (Wildman–Crippen MR) is 103 cm³/mol. The van der Waals surface area contributed by atoms with Gasteiger partial charge in [0.1, 0.15) is 24.2 Å². The van der Waals surface area contributed by atoms with Crippen molar-refractivity contribution in [3.05, 3.63) is 72.4 Å². The number of carbonyl (C=O) groups excluding carboxylic acids is 1. The second-order valence-corrected chi connectivity index (χ2v) is 8.43. The second-order valence-electron chi connectivity index (χ2n) is 6.30. The summed E-state index contributed by atoms with van der Waals surface area (Å²) < 4.78 is 43.0. The van der Waals surface area contributed by atoms with Gasteiger partial charge in [-0.1, -0.05) is 0 Å². The van der Waals surface area contributed by atoms with Gasteiger partial charge >= 0.3 is 0 Å². The van der Waals surface area contributed by atoms with E-state index in [4.69, 9.17) is 13.9 Å². The molecule has 0 fully saturated rings. The summed E-state index contributed by atoms with van der Waals surface area (Å²) in [6, 6.07) is 10.7. The van der Waals surface area contributed by atoms with E-state index < -0.39 is 21.0 Å². The molecule has 0 spiro atoms. The number of rotatable bonds is 6. The Bertz CT molecular complexity index is 1100. The van der Waals surface area contributed by atoms with Crippen molar-refractivity contribution in [3.8, 4) is 11.5 Å². The van der Waals surface area contributed by atoms with Crippen LogP contribution in [0.4, 0.5) is 0 Å². The normalized spacial score (nSPS) is 14.2. The molecular weight excluding hydrogens is 396 g/mol. The first kappa shape index (κ1) is 19.0. The molecule has 1 atom stereocenters. The topological polar surface area (TPSA) is 108 Å². The molecule has 0 unspecified atom stereocenters. The minimum absolute atomic E-state index is 0.0568. The summed E-state index contributed by atoms with van der Waals surface area (Å²) in [5, 5.41) is 1.56. The van der Waals surface area contributed by atoms with Crippen molar-refractivity contribution in [1.82, 2.24) is 10.3 Å². The highest BCUT2D eigenvalue weighted by atomic mass is 32.2. The van der Waals surface area contributed by atoms with Crippen LogP contribution >= 0.6 is 0 Å². The number of hydrogen-bond donors (Lipinski definition) is 1. The van der Waals surface area contributed by atoms with Crippen molar-refractivity contribution < 1.29 is 27.1 Å². The van der Waals surface area contributed by atoms with Crippen LogP contribution in [-0.2, 0) is 9.84 Å². The molecule has 3 aromatic rings. The number of sulfone groups is 1. The highest BCUT2D eigenvalue weighted by molar-refractivity contribution is 7.91. The summed E-state index contributed by atoms with van der Waals surface area (Å²) in [7, 11) is -3.89. The van der Waals surface area contributed by atoms with Crippen molar-refractivity contribution in [3.63, 3.8) is 0 Å². The summed E-state index contributed by atoms with van der Waals surface area (Å²) in [4.78, 5) is 16.3. The zero-order chi connectivity index (χ0) is 20.3. The van der Waals surface area contributed by atoms with Gasteiger partial charge < -0.3 is 19.2 Å². The SMILES string of the molecule is O=C(NC[C@H](c1ccco1)S(=O)(=O)c1ccc2c(c1)OCCO2)c1ccncc1. The zero-order valence-corrected chi connectivity index (χ0v) is 16.1. The third-order valence-electron chi connectivity index (χ3n) is 4.47. The summed E-state index contributed by atoms with van der Waals surface area (Å²) in [6.45, 7) is 0.598. The number of fused-ring (bicyclic) bond motifs is 1. The molecule has 9 heteroatoms. The fourth-order valence-electron chi connectivity index (χ4n) is 2.99. The standard InChI is InChI=1S/C20H18N2O6S/c23-20(14-5-7-21-8-6-14)22-13-19(17-2-1-9-26-17)29(24,25)15-3-4-16-18(12-15)28-11-10-27-16/h1-9,12,19H,10-11,13H2,(H,22,23)/t19-/m1/s1. The van der Waals surface area contributed by atoms with E-state index >= 15 is 0 Å². The summed E-state index contributed by atoms with van der Waals surface area (Å²) in [6.07, 6.45) is 4.38. The Morgan fingerprint density at radius 2 is 1.83 bits per heavy atom. The van der Waals surface area contributed by atoms with Crippen LogP contribution in [0.25, 0.3) is 0 Å². The molecule has 2 aromatic heterocycles. The number of nitrogens with zero attached hydrogens (tertiary/aromatic N) is 1. The summed E-state index contributed by atoms with van der Waals surface area (Å²) in [5.74, 6) is 0.698. The lowest BCUT2D eigenvalue weighted by Gasteiger charge is -2.21. The molecule has 3 heterocycles. The van der Waals surface area contributed by atoms with Gasteiger partial charge in [-0.2, -0.15) is 0 Å². The molecule has 4 rings (SSSR count). The number of ether oxygens (including phenoxy) is 2. The van der Waals surface area contributed by atoms with Gasteiger partial charge in [-0.25, -0.2) is 8.42 Å². The molecule has 1 N–H and O–H groups in total. The van der Waals surface area contributed by atoms with Crippen LogP contribution in [0, 0.1) is 0 Å². The van der Waals surface area contributed by atoms with Crippen molar-refractivity contribution in [1.29, 1.82) is 0 Å². The monoisotopic (exact) mass is 414 g/mol. The van der Waals surface area contributed by atoms with E-state index in [2.05, 4.69) is 10.3 Å². The molecule has 0 saturated heterocycles. The number of benzene rings is 1. The van der Waals surface area contributed by atoms with Gasteiger partial charge in [0, 0.05) is 30.6 Å². The molecule has 1 aromatic carbocycles. The average Bonchev–Trinajstić information content (AvgIpc) is 3.28. The fourth-order valence-corrected chi connectivity index (χ4v) is 4.59. The molecule has 150 valence electrons. The molecule has 1 aliphatic rings. The van der Waals surface area contributed by atoms with Crippen LogP contribution in [-0.4, -0.2) is 39.1 Å². The zero-order valence-electron chi connectivity index (χ0n) is 15.3. The van der Waals surface area contributed by atoms with Crippen LogP contribution in [0.5, 0.6) is 11.5 Å². The Hall–Kier alpha value is -3.33. The smallest absolute Gasteiger partial charge is 0.251 e. The summed E-state index contributed by atoms with van der Waals surface area (Å²) >= 11 is 0. The van der Waals surface area contributed by atoms with Gasteiger partial charge in [0.15, 0.2) is 21.3 Å². The molecule has 1 aliphatic heterocycles. The second kappa shape index (κ2) is 7.96. The van der Waals surface area contributed by atoms with Crippen LogP contribution in [0.3, 0.4) is 0 Å². The van der Waals surface area contributed by atoms with Crippen LogP contribution in [0.15, 0.2) is 70.4 Å². The van der Waals surface area contributed by atoms with Crippen LogP contribution in [0.2, 0.25) is 0 Å². The summed E-state index contributed by atoms with van der Waals surface area (Å²) in [5.41, 5.74) is 0.384. The van der Waals surface area contributed by atoms with Gasteiger partial charge in [0.05, 0.1) is 11.2 Å². The van der Waals surface area contributed by atoms with Gasteiger partial charge in [-0.3, -0.25) is 9.78 Å². The van der Waals surface area contributed by atoms with Crippen molar-refractivity contribution >= 4 is 15.7 Å². The highest BCUT2D eigenvalue weighted by Gasteiger charge is 2.33. The lowest BCUT2D eigenvalue weighted by Crippen LogP contribution is -2.31. The molecular formula is C20H18N2O6S. The Kier molecular flexibility index (Phi) is 5.22. The predicted octanol–water partition coefficient (Wildman–Crippen LogP) is 2.39. The maximum absolute atomic E-state index is 13.3. The number of amides is 1. The van der Waals surface area contributed by atoms with E-state index in [9.17, 15) is 13.2 Å². The minimum atomic E-state index is -3.89. The number of pyridine rings is 1. The maximum Gasteiger partial charge on any atom is 0.251 e. The van der Waals surface area contributed by atoms with E-state index in [-0.39, 0.29) is 17.2 Å². The third kappa shape index (κ3) is 3.95. The van der Waals surface area contributed by atoms with Gasteiger partial charge in [-0.05, 0) is 36.4 Å². The lowest BCUT2D eigenvalue weighted by molar-refractivity contribution is 0.0953. The minimum Gasteiger partial charge on any atom is -0.486 e. The Morgan fingerprint density at radius 3 is 2.55 bits per heavy atom. The fraction of sp³-hybridized carbons (Fsp3) is 0.200. The van der Waals surface area contributed by atoms with Crippen molar-refractivity contribution in [2.75, 3.05) is 19.8 Å². The number of hydrogen-bond acceptors (Lipinski definition) is 7. The Morgan fingerprint density at radius 1 is 1.07 bits per heavy atom. The van der Waals surface area contributed by atoms with E-state index in [0.29, 0.717) is 30.3 Å². The molecule has 0 bridgehead atoms. The highest BCUT2D eigenvalue weighted by Crippen LogP contribution is 2.36. The number of carbonyl (C=O) groups is 1. The molecule has 1 amide bonds. The van der Waals surface area contributed by atoms with E-state index in [1.807, 2.05) is 0 Å². The van der Waals surface area contributed by atoms with Gasteiger partial charge in [0.25, 0.3) is 5.91 Å². The lowest BCUT2D eigenvalue weighted by atomic mass is 10.2. The number of aromatic nitrogens is 1. The molecule has 29 heavy (non-hydrogen) atoms. The maximum atomic E-state index is 13.3. The molecule has 0 saturated carbocycles. The average molecular weight is 414 g/mol. The Labute approximate surface area is 167 Å². The van der Waals surface area contributed by atoms with E-state index in [1.165, 1.54) is 30.8 Å². The van der Waals surface area contributed by atoms with E-state index in [0.717, 1.165) is 0 Å². The van der Waals surface area contributed by atoms with Gasteiger partial charge in [0.2, 0.25) is 0 Å². The quantitative estimate of drug-likeness (QED) is 0.660. The molecule has 8 nitrogen and oxygen atoms in total. The van der Waals surface area contributed by atoms with E-state index in [1.54, 1.807) is 30.3 Å². The first-order valence-electron chi connectivity index (χ1n) is 8.91. The first-order chi connectivity index (χ1) is 14.1. The van der Waals surface area contributed by atoms with Gasteiger partial charge in [-0.15, -0.1) is 0 Å². The number of furan rings is 1. The first-order valence-corrected chi connectivity index (χ1v) is 10.5. The largest absolute Gasteiger partial charge is 0.486 e. The van der Waals surface area contributed by atoms with Crippen molar-refractivity contribution in [2.24, 2.45) is 0 Å². The number of nitrogens with one attached hydrogen (secondary N) is 1. The Balaban J connectivity index is 1.62. The molecule has 0 aliphatic carbocycles. The van der Waals surface area contributed by atoms with Crippen LogP contribution < -0.4 is 14.8 Å². The third-order valence-corrected chi connectivity index (χ3v) is 6.53.